The van der Waals surface area contributed by atoms with Gasteiger partial charge in [0.15, 0.2) is 17.3 Å². The largest absolute Gasteiger partial charge is 0.493 e. The van der Waals surface area contributed by atoms with E-state index in [2.05, 4.69) is 34.3 Å². The van der Waals surface area contributed by atoms with Crippen LogP contribution >= 0.6 is 0 Å². The quantitative estimate of drug-likeness (QED) is 0.428. The molecule has 2 aliphatic rings. The van der Waals surface area contributed by atoms with E-state index < -0.39 is 0 Å². The molecule has 0 spiro atoms. The molecule has 3 aromatic rings. The zero-order chi connectivity index (χ0) is 22.8. The van der Waals surface area contributed by atoms with Crippen molar-refractivity contribution in [2.45, 2.75) is 44.9 Å². The summed E-state index contributed by atoms with van der Waals surface area (Å²) in [5, 5.41) is 8.18. The molecule has 7 heteroatoms. The number of likely N-dealkylation sites (tertiary alicyclic amines) is 1. The van der Waals surface area contributed by atoms with E-state index in [1.54, 1.807) is 7.11 Å². The van der Waals surface area contributed by atoms with E-state index in [-0.39, 0.29) is 11.8 Å². The Labute approximate surface area is 194 Å². The molecule has 2 fully saturated rings. The van der Waals surface area contributed by atoms with Gasteiger partial charge in [0.25, 0.3) is 0 Å². The summed E-state index contributed by atoms with van der Waals surface area (Å²) in [6.07, 6.45) is 4.61. The molecule has 172 valence electrons. The van der Waals surface area contributed by atoms with Gasteiger partial charge in [-0.25, -0.2) is 4.68 Å². The van der Waals surface area contributed by atoms with E-state index >= 15 is 0 Å². The maximum Gasteiger partial charge on any atom is 0.185 e. The Bertz CT molecular complexity index is 1100. The predicted molar refractivity (Wildman–Crippen MR) is 124 cm³/mol. The third-order valence-corrected chi connectivity index (χ3v) is 6.63. The highest BCUT2D eigenvalue weighted by Crippen LogP contribution is 2.36. The van der Waals surface area contributed by atoms with E-state index in [0.29, 0.717) is 30.7 Å². The standard InChI is InChI=1S/C26H30N4O3/c1-18(21-8-11-25(26(13-21)32-2)33-17-19-6-4-3-5-7-19)29-14-20(15-29)12-24(31)23-16-30(28-27-23)22-9-10-22/h3-8,11,13,16,18,20,22H,9-10,12,14-15,17H2,1-2H3. The van der Waals surface area contributed by atoms with Crippen molar-refractivity contribution >= 4 is 5.78 Å². The molecule has 1 saturated heterocycles. The lowest BCUT2D eigenvalue weighted by atomic mass is 9.90. The summed E-state index contributed by atoms with van der Waals surface area (Å²) in [7, 11) is 1.67. The molecule has 5 rings (SSSR count). The van der Waals surface area contributed by atoms with Crippen molar-refractivity contribution in [3.63, 3.8) is 0 Å². The summed E-state index contributed by atoms with van der Waals surface area (Å²) in [4.78, 5) is 15.0. The number of hydrogen-bond acceptors (Lipinski definition) is 6. The van der Waals surface area contributed by atoms with Crippen LogP contribution in [0.4, 0.5) is 0 Å². The number of hydrogen-bond donors (Lipinski definition) is 0. The van der Waals surface area contributed by atoms with Crippen LogP contribution in [0, 0.1) is 5.92 Å². The Kier molecular flexibility index (Phi) is 6.13. The van der Waals surface area contributed by atoms with Gasteiger partial charge in [-0.1, -0.05) is 41.6 Å². The highest BCUT2D eigenvalue weighted by atomic mass is 16.5. The van der Waals surface area contributed by atoms with E-state index in [1.165, 1.54) is 5.56 Å². The minimum atomic E-state index is 0.0980. The van der Waals surface area contributed by atoms with E-state index in [4.69, 9.17) is 9.47 Å². The van der Waals surface area contributed by atoms with Gasteiger partial charge in [0.2, 0.25) is 0 Å². The summed E-state index contributed by atoms with van der Waals surface area (Å²) in [6.45, 7) is 4.50. The number of carbonyl (C=O) groups is 1. The van der Waals surface area contributed by atoms with Crippen molar-refractivity contribution in [3.8, 4) is 11.5 Å². The molecular formula is C26H30N4O3. The summed E-state index contributed by atoms with van der Waals surface area (Å²) < 4.78 is 13.4. The van der Waals surface area contributed by atoms with Crippen LogP contribution in [-0.4, -0.2) is 45.9 Å². The zero-order valence-corrected chi connectivity index (χ0v) is 19.2. The van der Waals surface area contributed by atoms with Crippen LogP contribution in [0.5, 0.6) is 11.5 Å². The molecule has 33 heavy (non-hydrogen) atoms. The van der Waals surface area contributed by atoms with Gasteiger partial charge in [0.1, 0.15) is 12.3 Å². The molecule has 7 nitrogen and oxygen atoms in total. The molecule has 1 saturated carbocycles. The summed E-state index contributed by atoms with van der Waals surface area (Å²) >= 11 is 0. The second kappa shape index (κ2) is 9.35. The van der Waals surface area contributed by atoms with Crippen LogP contribution in [0.25, 0.3) is 0 Å². The average Bonchev–Trinajstić information content (AvgIpc) is 3.56. The third kappa shape index (κ3) is 4.93. The van der Waals surface area contributed by atoms with Crippen LogP contribution in [-0.2, 0) is 6.61 Å². The summed E-state index contributed by atoms with van der Waals surface area (Å²) in [5.74, 6) is 1.94. The molecule has 1 aliphatic carbocycles. The van der Waals surface area contributed by atoms with Crippen LogP contribution < -0.4 is 9.47 Å². The van der Waals surface area contributed by atoms with Gasteiger partial charge in [0.05, 0.1) is 19.3 Å². The Morgan fingerprint density at radius 1 is 1.12 bits per heavy atom. The number of ether oxygens (including phenoxy) is 2. The first-order valence-electron chi connectivity index (χ1n) is 11.6. The topological polar surface area (TPSA) is 69.5 Å². The number of methoxy groups -OCH3 is 1. The predicted octanol–water partition coefficient (Wildman–Crippen LogP) is 4.47. The number of rotatable bonds is 10. The molecule has 1 aromatic heterocycles. The van der Waals surface area contributed by atoms with Crippen LogP contribution in [0.3, 0.4) is 0 Å². The van der Waals surface area contributed by atoms with Gasteiger partial charge in [-0.15, -0.1) is 5.10 Å². The lowest BCUT2D eigenvalue weighted by Gasteiger charge is -2.43. The van der Waals surface area contributed by atoms with Gasteiger partial charge in [-0.2, -0.15) is 0 Å². The molecule has 0 bridgehead atoms. The summed E-state index contributed by atoms with van der Waals surface area (Å²) in [5.41, 5.74) is 2.80. The average molecular weight is 447 g/mol. The van der Waals surface area contributed by atoms with Gasteiger partial charge in [0, 0.05) is 25.6 Å². The van der Waals surface area contributed by atoms with E-state index in [0.717, 1.165) is 43.0 Å². The van der Waals surface area contributed by atoms with Crippen LogP contribution in [0.1, 0.15) is 59.9 Å². The Hall–Kier alpha value is -3.19. The smallest absolute Gasteiger partial charge is 0.185 e. The maximum atomic E-state index is 12.6. The fourth-order valence-corrected chi connectivity index (χ4v) is 4.35. The minimum absolute atomic E-state index is 0.0980. The first-order valence-corrected chi connectivity index (χ1v) is 11.6. The number of carbonyl (C=O) groups excluding carboxylic acids is 1. The molecule has 2 heterocycles. The van der Waals surface area contributed by atoms with Gasteiger partial charge in [-0.05, 0) is 48.9 Å². The SMILES string of the molecule is COc1cc(C(C)N2CC(CC(=O)c3cn(C4CC4)nn3)C2)ccc1OCc1ccccc1. The minimum Gasteiger partial charge on any atom is -0.493 e. The summed E-state index contributed by atoms with van der Waals surface area (Å²) in [6, 6.07) is 16.9. The van der Waals surface area contributed by atoms with Crippen molar-refractivity contribution in [2.75, 3.05) is 20.2 Å². The van der Waals surface area contributed by atoms with Crippen molar-refractivity contribution < 1.29 is 14.3 Å². The van der Waals surface area contributed by atoms with Crippen molar-refractivity contribution in [1.29, 1.82) is 0 Å². The normalized spacial score (nSPS) is 17.4. The number of Topliss-reactive ketones (excluding diaryl/α,β-unsaturated/α-hetero) is 1. The molecule has 1 unspecified atom stereocenters. The second-order valence-electron chi connectivity index (χ2n) is 9.12. The number of nitrogens with zero attached hydrogens (tertiary/aromatic N) is 4. The van der Waals surface area contributed by atoms with E-state index in [1.807, 2.05) is 47.3 Å². The zero-order valence-electron chi connectivity index (χ0n) is 19.2. The lowest BCUT2D eigenvalue weighted by Crippen LogP contribution is -2.48. The number of aromatic nitrogens is 3. The van der Waals surface area contributed by atoms with Gasteiger partial charge in [-0.3, -0.25) is 9.69 Å². The highest BCUT2D eigenvalue weighted by molar-refractivity contribution is 5.94. The third-order valence-electron chi connectivity index (χ3n) is 6.63. The van der Waals surface area contributed by atoms with Gasteiger partial charge >= 0.3 is 0 Å². The van der Waals surface area contributed by atoms with E-state index in [9.17, 15) is 4.79 Å². The fraction of sp³-hybridized carbons (Fsp3) is 0.423. The molecular weight excluding hydrogens is 416 g/mol. The molecule has 2 aromatic carbocycles. The van der Waals surface area contributed by atoms with Crippen molar-refractivity contribution in [2.24, 2.45) is 5.92 Å². The second-order valence-corrected chi connectivity index (χ2v) is 9.12. The first-order chi connectivity index (χ1) is 16.1. The lowest BCUT2D eigenvalue weighted by molar-refractivity contribution is 0.0501. The number of benzene rings is 2. The molecule has 0 amide bonds. The first kappa shape index (κ1) is 21.6. The Balaban J connectivity index is 1.14. The van der Waals surface area contributed by atoms with Crippen LogP contribution in [0.15, 0.2) is 54.7 Å². The van der Waals surface area contributed by atoms with Crippen molar-refractivity contribution in [3.05, 3.63) is 71.5 Å². The maximum absolute atomic E-state index is 12.6. The highest BCUT2D eigenvalue weighted by Gasteiger charge is 2.33. The molecule has 1 aliphatic heterocycles. The molecule has 0 radical (unpaired) electrons. The number of ketones is 1. The van der Waals surface area contributed by atoms with Crippen LogP contribution in [0.2, 0.25) is 0 Å². The Morgan fingerprint density at radius 2 is 1.91 bits per heavy atom. The van der Waals surface area contributed by atoms with Crippen molar-refractivity contribution in [1.82, 2.24) is 19.9 Å². The monoisotopic (exact) mass is 446 g/mol. The molecule has 1 atom stereocenters. The van der Waals surface area contributed by atoms with Gasteiger partial charge < -0.3 is 9.47 Å². The fourth-order valence-electron chi connectivity index (χ4n) is 4.35. The Morgan fingerprint density at radius 3 is 2.64 bits per heavy atom. The molecule has 0 N–H and O–H groups in total.